The van der Waals surface area contributed by atoms with E-state index in [1.165, 1.54) is 51.6 Å². The third kappa shape index (κ3) is 4.19. The number of nitrogens with zero attached hydrogens (tertiary/aromatic N) is 3. The van der Waals surface area contributed by atoms with Gasteiger partial charge in [0.2, 0.25) is 10.0 Å². The molecular weight excluding hydrogens is 494 g/mol. The predicted octanol–water partition coefficient (Wildman–Crippen LogP) is 4.69. The average Bonchev–Trinajstić information content (AvgIpc) is 3.51. The zero-order valence-electron chi connectivity index (χ0n) is 22.2. The van der Waals surface area contributed by atoms with Crippen LogP contribution in [-0.4, -0.2) is 64.4 Å². The van der Waals surface area contributed by atoms with Gasteiger partial charge in [0.25, 0.3) is 0 Å². The fourth-order valence-electron chi connectivity index (χ4n) is 7.18. The van der Waals surface area contributed by atoms with Crippen LogP contribution in [0.2, 0.25) is 0 Å². The molecule has 2 fully saturated rings. The number of hydrogen-bond donors (Lipinski definition) is 0. The summed E-state index contributed by atoms with van der Waals surface area (Å²) < 4.78 is 32.6. The molecule has 0 amide bonds. The molecule has 7 heteroatoms. The van der Waals surface area contributed by atoms with Crippen molar-refractivity contribution in [3.63, 3.8) is 0 Å². The largest absolute Gasteiger partial charge is 0.373 e. The van der Waals surface area contributed by atoms with Gasteiger partial charge < -0.3 is 9.64 Å². The monoisotopic (exact) mass is 531 g/mol. The van der Waals surface area contributed by atoms with E-state index in [4.69, 9.17) is 4.74 Å². The van der Waals surface area contributed by atoms with Crippen molar-refractivity contribution in [3.8, 4) is 0 Å². The quantitative estimate of drug-likeness (QED) is 0.478. The zero-order valence-corrected chi connectivity index (χ0v) is 23.0. The summed E-state index contributed by atoms with van der Waals surface area (Å²) in [5.41, 5.74) is 7.69. The molecule has 0 spiro atoms. The van der Waals surface area contributed by atoms with E-state index in [0.717, 1.165) is 44.7 Å². The Morgan fingerprint density at radius 1 is 0.947 bits per heavy atom. The average molecular weight is 532 g/mol. The molecule has 3 aromatic rings. The highest BCUT2D eigenvalue weighted by molar-refractivity contribution is 7.93. The maximum Gasteiger partial charge on any atom is 0.235 e. The van der Waals surface area contributed by atoms with Gasteiger partial charge in [0, 0.05) is 49.8 Å². The van der Waals surface area contributed by atoms with Crippen molar-refractivity contribution in [2.45, 2.75) is 51.2 Å². The van der Waals surface area contributed by atoms with E-state index >= 15 is 0 Å². The summed E-state index contributed by atoms with van der Waals surface area (Å²) in [5.74, 6) is 0.254. The van der Waals surface area contributed by atoms with Gasteiger partial charge >= 0.3 is 0 Å². The van der Waals surface area contributed by atoms with Crippen molar-refractivity contribution < 1.29 is 13.2 Å². The fraction of sp³-hybridized carbons (Fsp3) is 0.484. The van der Waals surface area contributed by atoms with Crippen LogP contribution in [0, 0.1) is 0 Å². The minimum absolute atomic E-state index is 0.0738. The molecule has 38 heavy (non-hydrogen) atoms. The standard InChI is InChI=1S/C31H37N3O3S/c1-22-21-33(29-11-8-24-7-6-23-4-2-5-28(29)31(23)24)17-16-32(22)15-12-30-27-10-9-26(20-25(27)13-18-37-30)34-14-3-19-38(34,35)36/h2,4-5,8-11,20,22,30H,3,6-7,12-19,21H2,1H3/t22-,30+/m1/s1. The second-order valence-electron chi connectivity index (χ2n) is 11.4. The van der Waals surface area contributed by atoms with Crippen molar-refractivity contribution in [2.24, 2.45) is 0 Å². The van der Waals surface area contributed by atoms with Crippen LogP contribution in [0.1, 0.15) is 48.1 Å². The van der Waals surface area contributed by atoms with Crippen LogP contribution in [0.5, 0.6) is 0 Å². The predicted molar refractivity (Wildman–Crippen MR) is 154 cm³/mol. The molecular formula is C31H37N3O3S. The van der Waals surface area contributed by atoms with Gasteiger partial charge in [0.1, 0.15) is 0 Å². The minimum atomic E-state index is -3.16. The lowest BCUT2D eigenvalue weighted by Gasteiger charge is -2.42. The Morgan fingerprint density at radius 3 is 2.63 bits per heavy atom. The lowest BCUT2D eigenvalue weighted by atomic mass is 9.94. The van der Waals surface area contributed by atoms with Crippen molar-refractivity contribution in [2.75, 3.05) is 54.3 Å². The van der Waals surface area contributed by atoms with Crippen LogP contribution in [0.25, 0.3) is 10.8 Å². The fourth-order valence-corrected chi connectivity index (χ4v) is 8.74. The molecule has 2 atom stereocenters. The van der Waals surface area contributed by atoms with Crippen molar-refractivity contribution in [1.82, 2.24) is 4.90 Å². The smallest absolute Gasteiger partial charge is 0.235 e. The molecule has 0 aromatic heterocycles. The van der Waals surface area contributed by atoms with E-state index in [2.05, 4.69) is 59.2 Å². The Bertz CT molecular complexity index is 1480. The molecule has 7 rings (SSSR count). The number of aryl methyl sites for hydroxylation is 2. The summed E-state index contributed by atoms with van der Waals surface area (Å²) in [6.45, 7) is 7.77. The highest BCUT2D eigenvalue weighted by Gasteiger charge is 2.31. The Hall–Kier alpha value is -2.61. The highest BCUT2D eigenvalue weighted by Crippen LogP contribution is 2.38. The highest BCUT2D eigenvalue weighted by atomic mass is 32.2. The van der Waals surface area contributed by atoms with Crippen LogP contribution in [0.4, 0.5) is 11.4 Å². The SMILES string of the molecule is C[C@@H]1CN(c2ccc3c4c(cccc24)CC3)CCN1CC[C@@H]1OCCc2cc(N3CCCS3(=O)=O)ccc21. The van der Waals surface area contributed by atoms with Crippen molar-refractivity contribution in [3.05, 3.63) is 70.8 Å². The summed E-state index contributed by atoms with van der Waals surface area (Å²) in [5, 5.41) is 2.92. The lowest BCUT2D eigenvalue weighted by Crippen LogP contribution is -2.52. The van der Waals surface area contributed by atoms with Gasteiger partial charge in [-0.3, -0.25) is 9.21 Å². The molecule has 0 radical (unpaired) electrons. The number of anilines is 2. The maximum absolute atomic E-state index is 12.4. The summed E-state index contributed by atoms with van der Waals surface area (Å²) in [7, 11) is -3.16. The van der Waals surface area contributed by atoms with Crippen molar-refractivity contribution in [1.29, 1.82) is 0 Å². The van der Waals surface area contributed by atoms with Crippen LogP contribution >= 0.6 is 0 Å². The zero-order chi connectivity index (χ0) is 25.9. The van der Waals surface area contributed by atoms with Crippen LogP contribution in [0.15, 0.2) is 48.5 Å². The first-order chi connectivity index (χ1) is 18.5. The molecule has 0 bridgehead atoms. The third-order valence-corrected chi connectivity index (χ3v) is 11.1. The number of piperazine rings is 1. The van der Waals surface area contributed by atoms with Crippen LogP contribution in [0.3, 0.4) is 0 Å². The van der Waals surface area contributed by atoms with Gasteiger partial charge in [-0.15, -0.1) is 0 Å². The van der Waals surface area contributed by atoms with Crippen LogP contribution < -0.4 is 9.21 Å². The molecule has 2 saturated heterocycles. The molecule has 200 valence electrons. The Labute approximate surface area is 226 Å². The van der Waals surface area contributed by atoms with E-state index in [9.17, 15) is 8.42 Å². The number of fused-ring (bicyclic) bond motifs is 1. The van der Waals surface area contributed by atoms with Crippen LogP contribution in [-0.2, 0) is 34.0 Å². The molecule has 0 N–H and O–H groups in total. The van der Waals surface area contributed by atoms with Gasteiger partial charge in [-0.05, 0) is 84.9 Å². The Morgan fingerprint density at radius 2 is 1.82 bits per heavy atom. The van der Waals surface area contributed by atoms with Crippen molar-refractivity contribution >= 4 is 32.2 Å². The number of benzene rings is 3. The van der Waals surface area contributed by atoms with E-state index in [0.29, 0.717) is 25.6 Å². The van der Waals surface area contributed by atoms with E-state index < -0.39 is 10.0 Å². The van der Waals surface area contributed by atoms with Gasteiger partial charge in [-0.2, -0.15) is 0 Å². The van der Waals surface area contributed by atoms with Gasteiger partial charge in [0.05, 0.1) is 24.2 Å². The first-order valence-corrected chi connectivity index (χ1v) is 15.9. The molecule has 0 saturated carbocycles. The number of rotatable bonds is 5. The summed E-state index contributed by atoms with van der Waals surface area (Å²) in [6.07, 6.45) is 4.93. The molecule has 3 aromatic carbocycles. The normalized spacial score (nSPS) is 24.8. The summed E-state index contributed by atoms with van der Waals surface area (Å²) >= 11 is 0. The number of hydrogen-bond acceptors (Lipinski definition) is 5. The van der Waals surface area contributed by atoms with E-state index in [-0.39, 0.29) is 11.9 Å². The minimum Gasteiger partial charge on any atom is -0.373 e. The molecule has 3 heterocycles. The summed E-state index contributed by atoms with van der Waals surface area (Å²) in [4.78, 5) is 5.20. The second kappa shape index (κ2) is 9.54. The number of ether oxygens (including phenoxy) is 1. The maximum atomic E-state index is 12.4. The van der Waals surface area contributed by atoms with E-state index in [1.807, 2.05) is 6.07 Å². The molecule has 0 unspecified atom stereocenters. The second-order valence-corrected chi connectivity index (χ2v) is 13.5. The molecule has 3 aliphatic heterocycles. The van der Waals surface area contributed by atoms with Gasteiger partial charge in [-0.1, -0.05) is 30.3 Å². The third-order valence-electron chi connectivity index (χ3n) is 9.19. The van der Waals surface area contributed by atoms with Gasteiger partial charge in [0.15, 0.2) is 0 Å². The Balaban J connectivity index is 1.02. The van der Waals surface area contributed by atoms with E-state index in [1.54, 1.807) is 4.31 Å². The summed E-state index contributed by atoms with van der Waals surface area (Å²) in [6, 6.07) is 18.2. The first-order valence-electron chi connectivity index (χ1n) is 14.3. The first kappa shape index (κ1) is 24.4. The Kier molecular flexibility index (Phi) is 6.13. The lowest BCUT2D eigenvalue weighted by molar-refractivity contribution is 0.0255. The molecule has 1 aliphatic carbocycles. The topological polar surface area (TPSA) is 53.1 Å². The molecule has 4 aliphatic rings. The molecule has 6 nitrogen and oxygen atoms in total. The van der Waals surface area contributed by atoms with Gasteiger partial charge in [-0.25, -0.2) is 8.42 Å². The number of sulfonamides is 1.